The summed E-state index contributed by atoms with van der Waals surface area (Å²) in [6.45, 7) is -0.228. The van der Waals surface area contributed by atoms with Crippen molar-refractivity contribution < 1.29 is 18.7 Å². The molecule has 5 aromatic rings. The Morgan fingerprint density at radius 3 is 2.43 bits per heavy atom. The van der Waals surface area contributed by atoms with Crippen LogP contribution in [-0.2, 0) is 13.0 Å². The van der Waals surface area contributed by atoms with Crippen LogP contribution in [0.2, 0.25) is 0 Å². The molecule has 0 fully saturated rings. The fourth-order valence-electron chi connectivity index (χ4n) is 4.01. The van der Waals surface area contributed by atoms with E-state index in [9.17, 15) is 18.7 Å². The fraction of sp³-hybridized carbons (Fsp3) is 0.0800. The normalized spacial score (nSPS) is 11.1. The topological polar surface area (TPSA) is 149 Å². The number of carbonyl (C=O) groups is 1. The molecule has 0 saturated carbocycles. The lowest BCUT2D eigenvalue weighted by atomic mass is 10.1. The summed E-state index contributed by atoms with van der Waals surface area (Å²) in [7, 11) is 0. The summed E-state index contributed by atoms with van der Waals surface area (Å²) < 4.78 is 29.5. The smallest absolute Gasteiger partial charge is 0.412 e. The Morgan fingerprint density at radius 1 is 0.973 bits per heavy atom. The molecule has 5 rings (SSSR count). The molecular weight excluding hydrogens is 482 g/mol. The van der Waals surface area contributed by atoms with Crippen molar-refractivity contribution in [3.8, 4) is 11.5 Å². The molecule has 3 aromatic heterocycles. The molecule has 0 saturated heterocycles. The second-order valence-electron chi connectivity index (χ2n) is 8.13. The highest BCUT2D eigenvalue weighted by atomic mass is 19.1. The standard InChI is InChI=1S/C25H20F2N8O2/c26-16-7-3-5-14(11-16)13-34(25(36)37)21-22(28)32-24(33-23(21)29)20-18-9-4-10-30-35(18)19(31-20)12-15-6-1-2-8-17(15)27/h1-11H,12-13H2,(H,36,37)(H4,28,29,32,33). The third-order valence-corrected chi connectivity index (χ3v) is 5.67. The number of carboxylic acid groups (broad SMARTS) is 1. The SMILES string of the molecule is Nc1nc(-c2nc(Cc3ccccc3F)n3ncccc23)nc(N)c1N(Cc1cccc(F)c1)C(=O)O. The van der Waals surface area contributed by atoms with Crippen LogP contribution in [0.15, 0.2) is 66.9 Å². The zero-order chi connectivity index (χ0) is 26.1. The Hall–Kier alpha value is -5.13. The van der Waals surface area contributed by atoms with E-state index in [1.54, 1.807) is 47.1 Å². The van der Waals surface area contributed by atoms with Crippen LogP contribution >= 0.6 is 0 Å². The molecule has 1 amide bonds. The van der Waals surface area contributed by atoms with Crippen molar-refractivity contribution in [1.82, 2.24) is 24.6 Å². The minimum atomic E-state index is -1.37. The van der Waals surface area contributed by atoms with Gasteiger partial charge in [0.05, 0.1) is 12.1 Å². The van der Waals surface area contributed by atoms with Gasteiger partial charge in [0, 0.05) is 12.6 Å². The van der Waals surface area contributed by atoms with Crippen molar-refractivity contribution in [2.45, 2.75) is 13.0 Å². The van der Waals surface area contributed by atoms with Crippen molar-refractivity contribution in [2.24, 2.45) is 0 Å². The zero-order valence-corrected chi connectivity index (χ0v) is 19.2. The summed E-state index contributed by atoms with van der Waals surface area (Å²) in [4.78, 5) is 26.0. The molecule has 0 aliphatic rings. The maximum atomic E-state index is 14.3. The molecule has 12 heteroatoms. The Balaban J connectivity index is 1.56. The van der Waals surface area contributed by atoms with Gasteiger partial charge < -0.3 is 16.6 Å². The van der Waals surface area contributed by atoms with Crippen LogP contribution in [-0.4, -0.2) is 35.8 Å². The molecule has 2 aromatic carbocycles. The van der Waals surface area contributed by atoms with Gasteiger partial charge in [0.25, 0.3) is 0 Å². The molecule has 0 unspecified atom stereocenters. The predicted molar refractivity (Wildman–Crippen MR) is 133 cm³/mol. The molecule has 0 atom stereocenters. The van der Waals surface area contributed by atoms with Crippen LogP contribution in [0.4, 0.5) is 30.9 Å². The molecule has 0 spiro atoms. The number of imidazole rings is 1. The highest BCUT2D eigenvalue weighted by Gasteiger charge is 2.25. The van der Waals surface area contributed by atoms with Gasteiger partial charge in [-0.3, -0.25) is 4.90 Å². The third-order valence-electron chi connectivity index (χ3n) is 5.67. The van der Waals surface area contributed by atoms with Gasteiger partial charge in [0.1, 0.15) is 28.8 Å². The lowest BCUT2D eigenvalue weighted by Crippen LogP contribution is -2.31. The number of nitrogens with zero attached hydrogens (tertiary/aromatic N) is 6. The lowest BCUT2D eigenvalue weighted by molar-refractivity contribution is 0.201. The number of aromatic nitrogens is 5. The maximum absolute atomic E-state index is 14.3. The number of hydrogen-bond acceptors (Lipinski definition) is 7. The van der Waals surface area contributed by atoms with Gasteiger partial charge in [-0.15, -0.1) is 0 Å². The quantitative estimate of drug-likeness (QED) is 0.317. The Labute approximate surface area is 208 Å². The van der Waals surface area contributed by atoms with E-state index in [2.05, 4.69) is 20.1 Å². The summed E-state index contributed by atoms with van der Waals surface area (Å²) in [6, 6.07) is 15.3. The van der Waals surface area contributed by atoms with E-state index in [-0.39, 0.29) is 47.6 Å². The van der Waals surface area contributed by atoms with Gasteiger partial charge in [-0.05, 0) is 41.5 Å². The summed E-state index contributed by atoms with van der Waals surface area (Å²) in [5.41, 5.74) is 13.8. The van der Waals surface area contributed by atoms with Gasteiger partial charge >= 0.3 is 6.09 Å². The maximum Gasteiger partial charge on any atom is 0.412 e. The average molecular weight is 502 g/mol. The number of hydrogen-bond donors (Lipinski definition) is 3. The summed E-state index contributed by atoms with van der Waals surface area (Å²) in [5.74, 6) is -0.831. The Kier molecular flexibility index (Phi) is 6.05. The number of benzene rings is 2. The van der Waals surface area contributed by atoms with Crippen molar-refractivity contribution in [3.05, 3.63) is 95.4 Å². The monoisotopic (exact) mass is 502 g/mol. The van der Waals surface area contributed by atoms with Gasteiger partial charge in [-0.2, -0.15) is 5.10 Å². The molecular formula is C25H20F2N8O2. The van der Waals surface area contributed by atoms with Crippen LogP contribution in [0.1, 0.15) is 17.0 Å². The van der Waals surface area contributed by atoms with E-state index >= 15 is 0 Å². The first-order valence-electron chi connectivity index (χ1n) is 11.1. The van der Waals surface area contributed by atoms with Gasteiger partial charge in [0.2, 0.25) is 0 Å². The number of halogens is 2. The van der Waals surface area contributed by atoms with Gasteiger partial charge in [-0.25, -0.2) is 33.0 Å². The van der Waals surface area contributed by atoms with Crippen molar-refractivity contribution in [3.63, 3.8) is 0 Å². The van der Waals surface area contributed by atoms with Crippen molar-refractivity contribution in [1.29, 1.82) is 0 Å². The second-order valence-corrected chi connectivity index (χ2v) is 8.13. The van der Waals surface area contributed by atoms with Crippen LogP contribution in [0.25, 0.3) is 17.0 Å². The zero-order valence-electron chi connectivity index (χ0n) is 19.2. The summed E-state index contributed by atoms with van der Waals surface area (Å²) >= 11 is 0. The summed E-state index contributed by atoms with van der Waals surface area (Å²) in [6.07, 6.45) is 0.337. The van der Waals surface area contributed by atoms with Gasteiger partial charge in [0.15, 0.2) is 17.5 Å². The van der Waals surface area contributed by atoms with Crippen molar-refractivity contribution in [2.75, 3.05) is 16.4 Å². The van der Waals surface area contributed by atoms with E-state index in [0.29, 0.717) is 22.5 Å². The molecule has 37 heavy (non-hydrogen) atoms. The van der Waals surface area contributed by atoms with E-state index < -0.39 is 11.9 Å². The highest BCUT2D eigenvalue weighted by molar-refractivity contribution is 5.94. The minimum Gasteiger partial charge on any atom is -0.465 e. The summed E-state index contributed by atoms with van der Waals surface area (Å²) in [5, 5.41) is 14.1. The van der Waals surface area contributed by atoms with Crippen LogP contribution in [0.3, 0.4) is 0 Å². The molecule has 3 heterocycles. The first kappa shape index (κ1) is 23.6. The number of fused-ring (bicyclic) bond motifs is 1. The largest absolute Gasteiger partial charge is 0.465 e. The molecule has 0 aliphatic carbocycles. The number of anilines is 3. The lowest BCUT2D eigenvalue weighted by Gasteiger charge is -2.22. The van der Waals surface area contributed by atoms with E-state index in [0.717, 1.165) is 4.90 Å². The van der Waals surface area contributed by atoms with Crippen LogP contribution < -0.4 is 16.4 Å². The highest BCUT2D eigenvalue weighted by Crippen LogP contribution is 2.33. The molecule has 186 valence electrons. The van der Waals surface area contributed by atoms with Crippen molar-refractivity contribution >= 4 is 28.9 Å². The van der Waals surface area contributed by atoms with E-state index in [1.807, 2.05) is 0 Å². The van der Waals surface area contributed by atoms with E-state index in [4.69, 9.17) is 11.5 Å². The first-order chi connectivity index (χ1) is 17.8. The Bertz CT molecular complexity index is 1620. The van der Waals surface area contributed by atoms with Gasteiger partial charge in [-0.1, -0.05) is 30.3 Å². The minimum absolute atomic E-state index is 0.0418. The predicted octanol–water partition coefficient (Wildman–Crippen LogP) is 3.90. The molecule has 0 radical (unpaired) electrons. The molecule has 10 nitrogen and oxygen atoms in total. The molecule has 0 bridgehead atoms. The number of rotatable bonds is 6. The van der Waals surface area contributed by atoms with Crippen LogP contribution in [0, 0.1) is 11.6 Å². The molecule has 5 N–H and O–H groups in total. The first-order valence-corrected chi connectivity index (χ1v) is 11.1. The Morgan fingerprint density at radius 2 is 1.73 bits per heavy atom. The molecule has 0 aliphatic heterocycles. The number of nitrogen functional groups attached to an aromatic ring is 2. The fourth-order valence-corrected chi connectivity index (χ4v) is 4.01. The second kappa shape index (κ2) is 9.49. The number of nitrogens with two attached hydrogens (primary N) is 2. The third kappa shape index (κ3) is 4.59. The number of amides is 1. The average Bonchev–Trinajstić information content (AvgIpc) is 3.23. The van der Waals surface area contributed by atoms with E-state index in [1.165, 1.54) is 24.3 Å². The van der Waals surface area contributed by atoms with Crippen LogP contribution in [0.5, 0.6) is 0 Å².